The van der Waals surface area contributed by atoms with Crippen LogP contribution in [-0.4, -0.2) is 54.6 Å². The zero-order valence-corrected chi connectivity index (χ0v) is 37.3. The fourth-order valence-electron chi connectivity index (χ4n) is 7.59. The van der Waals surface area contributed by atoms with Crippen molar-refractivity contribution in [1.29, 1.82) is 0 Å². The van der Waals surface area contributed by atoms with E-state index in [0.29, 0.717) is 17.7 Å². The predicted molar refractivity (Wildman–Crippen MR) is 250 cm³/mol. The summed E-state index contributed by atoms with van der Waals surface area (Å²) in [6.07, 6.45) is -3.91. The first kappa shape index (κ1) is 46.5. The molecule has 13 nitrogen and oxygen atoms in total. The molecule has 7 aromatic rings. The molecule has 68 heavy (non-hydrogen) atoms. The maximum absolute atomic E-state index is 13.8. The van der Waals surface area contributed by atoms with E-state index in [2.05, 4.69) is 0 Å². The van der Waals surface area contributed by atoms with Crippen LogP contribution < -0.4 is 19.6 Å². The van der Waals surface area contributed by atoms with Crippen LogP contribution in [0.3, 0.4) is 0 Å². The lowest BCUT2D eigenvalue weighted by molar-refractivity contribution is -0.266. The molecule has 6 aromatic carbocycles. The SMILES string of the molecule is CCCCCC(=O)Oc1cc(OCc2ccccc2)cc2oc(-c3ccc(O[C@H]4O[C@H](C)[C@@H](OC(=O)c5ccccc5)[C@H](OC(=O)c5ccccc5)[C@@H]4OC(=O)c4ccccc4)cc3)cc(=O)c12. The molecule has 13 heteroatoms. The van der Waals surface area contributed by atoms with Crippen molar-refractivity contribution in [3.05, 3.63) is 196 Å². The van der Waals surface area contributed by atoms with Gasteiger partial charge in [0.25, 0.3) is 0 Å². The lowest BCUT2D eigenvalue weighted by Gasteiger charge is -2.43. The molecule has 1 fully saturated rings. The molecule has 0 amide bonds. The zero-order valence-electron chi connectivity index (χ0n) is 37.3. The fraction of sp³-hybridized carbons (Fsp3) is 0.218. The molecule has 346 valence electrons. The Kier molecular flexibility index (Phi) is 15.0. The van der Waals surface area contributed by atoms with E-state index in [4.69, 9.17) is 37.6 Å². The van der Waals surface area contributed by atoms with Crippen LogP contribution in [0.1, 0.15) is 76.2 Å². The molecular formula is C55H48O13. The molecule has 1 aliphatic rings. The number of carbonyl (C=O) groups excluding carboxylic acids is 4. The van der Waals surface area contributed by atoms with Crippen LogP contribution in [0.2, 0.25) is 0 Å². The van der Waals surface area contributed by atoms with Gasteiger partial charge >= 0.3 is 23.9 Å². The average Bonchev–Trinajstić information content (AvgIpc) is 3.36. The minimum Gasteiger partial charge on any atom is -0.489 e. The molecule has 5 atom stereocenters. The fourth-order valence-corrected chi connectivity index (χ4v) is 7.59. The van der Waals surface area contributed by atoms with Gasteiger partial charge in [-0.25, -0.2) is 14.4 Å². The molecule has 0 spiro atoms. The Morgan fingerprint density at radius 1 is 0.588 bits per heavy atom. The molecule has 0 radical (unpaired) electrons. The zero-order chi connectivity index (χ0) is 47.4. The first-order valence-electron chi connectivity index (χ1n) is 22.3. The molecule has 1 aromatic heterocycles. The van der Waals surface area contributed by atoms with Crippen LogP contribution in [0.15, 0.2) is 173 Å². The lowest BCUT2D eigenvalue weighted by atomic mass is 9.98. The van der Waals surface area contributed by atoms with Crippen LogP contribution in [0.4, 0.5) is 0 Å². The molecule has 0 N–H and O–H groups in total. The second-order valence-electron chi connectivity index (χ2n) is 16.0. The van der Waals surface area contributed by atoms with Gasteiger partial charge in [0.05, 0.1) is 22.8 Å². The lowest BCUT2D eigenvalue weighted by Crippen LogP contribution is -2.62. The molecule has 0 unspecified atom stereocenters. The number of esters is 4. The Bertz CT molecular complexity index is 2880. The summed E-state index contributed by atoms with van der Waals surface area (Å²) < 4.78 is 49.1. The summed E-state index contributed by atoms with van der Waals surface area (Å²) >= 11 is 0. The van der Waals surface area contributed by atoms with E-state index in [1.54, 1.807) is 128 Å². The van der Waals surface area contributed by atoms with Crippen molar-refractivity contribution < 1.29 is 56.8 Å². The van der Waals surface area contributed by atoms with E-state index < -0.39 is 60.0 Å². The Morgan fingerprint density at radius 3 is 1.71 bits per heavy atom. The first-order valence-corrected chi connectivity index (χ1v) is 22.3. The summed E-state index contributed by atoms with van der Waals surface area (Å²) in [5.74, 6) is -1.94. The van der Waals surface area contributed by atoms with Crippen molar-refractivity contribution >= 4 is 34.8 Å². The van der Waals surface area contributed by atoms with Crippen LogP contribution >= 0.6 is 0 Å². The van der Waals surface area contributed by atoms with Gasteiger partial charge in [0.1, 0.15) is 40.6 Å². The van der Waals surface area contributed by atoms with Crippen molar-refractivity contribution in [2.45, 2.75) is 76.8 Å². The molecule has 0 bridgehead atoms. The highest BCUT2D eigenvalue weighted by molar-refractivity contribution is 5.92. The van der Waals surface area contributed by atoms with Crippen molar-refractivity contribution in [3.63, 3.8) is 0 Å². The Morgan fingerprint density at radius 2 is 1.13 bits per heavy atom. The summed E-state index contributed by atoms with van der Waals surface area (Å²) in [5.41, 5.74) is 1.73. The Labute approximate surface area is 392 Å². The number of rotatable bonds is 17. The molecule has 1 saturated heterocycles. The Hall–Kier alpha value is -8.03. The van der Waals surface area contributed by atoms with Crippen LogP contribution in [0.25, 0.3) is 22.3 Å². The third kappa shape index (κ3) is 11.5. The molecular weight excluding hydrogens is 869 g/mol. The minimum atomic E-state index is -1.48. The van der Waals surface area contributed by atoms with E-state index >= 15 is 0 Å². The van der Waals surface area contributed by atoms with Gasteiger partial charge in [-0.2, -0.15) is 0 Å². The summed E-state index contributed by atoms with van der Waals surface area (Å²) in [6, 6.07) is 45.1. The van der Waals surface area contributed by atoms with Crippen LogP contribution in [-0.2, 0) is 30.3 Å². The van der Waals surface area contributed by atoms with Gasteiger partial charge in [-0.3, -0.25) is 9.59 Å². The third-order valence-electron chi connectivity index (χ3n) is 11.1. The smallest absolute Gasteiger partial charge is 0.338 e. The van der Waals surface area contributed by atoms with Gasteiger partial charge < -0.3 is 37.6 Å². The number of ether oxygens (including phenoxy) is 7. The highest BCUT2D eigenvalue weighted by Crippen LogP contribution is 2.35. The molecule has 2 heterocycles. The largest absolute Gasteiger partial charge is 0.489 e. The molecule has 0 saturated carbocycles. The normalized spacial score (nSPS) is 17.6. The van der Waals surface area contributed by atoms with E-state index in [9.17, 15) is 24.0 Å². The van der Waals surface area contributed by atoms with E-state index in [1.165, 1.54) is 12.1 Å². The van der Waals surface area contributed by atoms with E-state index in [1.807, 2.05) is 37.3 Å². The number of unbranched alkanes of at least 4 members (excludes halogenated alkanes) is 2. The Balaban J connectivity index is 1.10. The van der Waals surface area contributed by atoms with Gasteiger partial charge in [0, 0.05) is 30.2 Å². The van der Waals surface area contributed by atoms with Gasteiger partial charge in [-0.05, 0) is 79.6 Å². The molecule has 0 aliphatic carbocycles. The van der Waals surface area contributed by atoms with Crippen molar-refractivity contribution in [2.24, 2.45) is 0 Å². The van der Waals surface area contributed by atoms with Crippen molar-refractivity contribution in [3.8, 4) is 28.6 Å². The van der Waals surface area contributed by atoms with Crippen LogP contribution in [0.5, 0.6) is 17.2 Å². The highest BCUT2D eigenvalue weighted by Gasteiger charge is 2.52. The summed E-state index contributed by atoms with van der Waals surface area (Å²) in [5, 5.41) is 0.0829. The number of hydrogen-bond donors (Lipinski definition) is 0. The summed E-state index contributed by atoms with van der Waals surface area (Å²) in [4.78, 5) is 67.8. The molecule has 1 aliphatic heterocycles. The van der Waals surface area contributed by atoms with Crippen molar-refractivity contribution in [2.75, 3.05) is 0 Å². The summed E-state index contributed by atoms with van der Waals surface area (Å²) in [7, 11) is 0. The predicted octanol–water partition coefficient (Wildman–Crippen LogP) is 10.3. The number of benzene rings is 6. The van der Waals surface area contributed by atoms with Gasteiger partial charge in [0.2, 0.25) is 12.4 Å². The number of hydrogen-bond acceptors (Lipinski definition) is 13. The van der Waals surface area contributed by atoms with Crippen molar-refractivity contribution in [1.82, 2.24) is 0 Å². The maximum atomic E-state index is 13.8. The number of carbonyl (C=O) groups is 4. The van der Waals surface area contributed by atoms with Gasteiger partial charge in [-0.1, -0.05) is 105 Å². The van der Waals surface area contributed by atoms with E-state index in [-0.39, 0.29) is 57.9 Å². The second kappa shape index (κ2) is 22.0. The topological polar surface area (TPSA) is 163 Å². The average molecular weight is 917 g/mol. The van der Waals surface area contributed by atoms with Crippen LogP contribution in [0, 0.1) is 0 Å². The maximum Gasteiger partial charge on any atom is 0.338 e. The quantitative estimate of drug-likeness (QED) is 0.0367. The standard InChI is InChI=1S/C55H48O13/c1-3-4-9-26-47(57)65-46-32-42(61-34-36-18-10-5-11-19-36)31-45-48(46)43(56)33-44(64-45)37-27-29-41(30-28-37)63-55-51(68-54(60)40-24-16-8-17-25-40)50(67-53(59)39-22-14-7-15-23-39)49(35(2)62-55)66-52(58)38-20-12-6-13-21-38/h5-8,10-25,27-33,35,49-51,55H,3-4,9,26,34H2,1-2H3/t35-,49-,50+,51+,55-/m1/s1. The summed E-state index contributed by atoms with van der Waals surface area (Å²) in [6.45, 7) is 3.88. The molecule has 8 rings (SSSR count). The third-order valence-corrected chi connectivity index (χ3v) is 11.1. The second-order valence-corrected chi connectivity index (χ2v) is 16.0. The minimum absolute atomic E-state index is 0.0326. The van der Waals surface area contributed by atoms with E-state index in [0.717, 1.165) is 18.4 Å². The highest BCUT2D eigenvalue weighted by atomic mass is 16.7. The van der Waals surface area contributed by atoms with Gasteiger partial charge in [0.15, 0.2) is 17.6 Å². The number of fused-ring (bicyclic) bond motifs is 1. The monoisotopic (exact) mass is 916 g/mol. The first-order chi connectivity index (χ1) is 33.1. The van der Waals surface area contributed by atoms with Gasteiger partial charge in [-0.15, -0.1) is 0 Å².